The lowest BCUT2D eigenvalue weighted by molar-refractivity contribution is 0.600. The van der Waals surface area contributed by atoms with E-state index in [1.165, 1.54) is 0 Å². The van der Waals surface area contributed by atoms with Crippen LogP contribution in [0.3, 0.4) is 0 Å². The Labute approximate surface area is 106 Å². The zero-order chi connectivity index (χ0) is 12.3. The van der Waals surface area contributed by atoms with E-state index in [9.17, 15) is 8.42 Å². The van der Waals surface area contributed by atoms with Gasteiger partial charge in [0.25, 0.3) is 0 Å². The van der Waals surface area contributed by atoms with Crippen LogP contribution in [0.25, 0.3) is 0 Å². The van der Waals surface area contributed by atoms with Crippen LogP contribution in [-0.2, 0) is 9.84 Å². The molecule has 1 aromatic carbocycles. The van der Waals surface area contributed by atoms with Crippen molar-refractivity contribution in [3.05, 3.63) is 30.3 Å². The summed E-state index contributed by atoms with van der Waals surface area (Å²) in [7, 11) is -2.86. The first-order valence-electron chi connectivity index (χ1n) is 5.38. The number of hydrogen-bond donors (Lipinski definition) is 2. The summed E-state index contributed by atoms with van der Waals surface area (Å²) in [4.78, 5) is 0. The molecule has 0 aromatic heterocycles. The molecule has 0 aliphatic carbocycles. The van der Waals surface area contributed by atoms with E-state index in [0.29, 0.717) is 11.5 Å². The van der Waals surface area contributed by atoms with Gasteiger partial charge < -0.3 is 10.6 Å². The summed E-state index contributed by atoms with van der Waals surface area (Å²) < 4.78 is 22.6. The van der Waals surface area contributed by atoms with Crippen LogP contribution in [0.15, 0.2) is 30.3 Å². The summed E-state index contributed by atoms with van der Waals surface area (Å²) in [6, 6.07) is 9.48. The molecule has 4 nitrogen and oxygen atoms in total. The maximum atomic E-state index is 11.3. The third-order valence-corrected chi connectivity index (χ3v) is 4.59. The molecule has 1 aliphatic rings. The van der Waals surface area contributed by atoms with Crippen LogP contribution in [0.4, 0.5) is 5.69 Å². The van der Waals surface area contributed by atoms with Crippen LogP contribution >= 0.6 is 12.2 Å². The van der Waals surface area contributed by atoms with Crippen molar-refractivity contribution in [1.82, 2.24) is 5.32 Å². The Balaban J connectivity index is 1.87. The van der Waals surface area contributed by atoms with Gasteiger partial charge in [0.15, 0.2) is 14.9 Å². The normalized spacial score (nSPS) is 22.0. The van der Waals surface area contributed by atoms with Crippen LogP contribution in [0.5, 0.6) is 0 Å². The Kier molecular flexibility index (Phi) is 3.63. The molecule has 1 aromatic rings. The molecule has 2 N–H and O–H groups in total. The van der Waals surface area contributed by atoms with Crippen LogP contribution in [0.1, 0.15) is 6.42 Å². The lowest BCUT2D eigenvalue weighted by Gasteiger charge is -2.14. The van der Waals surface area contributed by atoms with Crippen molar-refractivity contribution >= 4 is 32.9 Å². The summed E-state index contributed by atoms with van der Waals surface area (Å²) in [5, 5.41) is 6.52. The van der Waals surface area contributed by atoms with Gasteiger partial charge in [0.1, 0.15) is 0 Å². The fraction of sp³-hybridized carbons (Fsp3) is 0.364. The fourth-order valence-corrected chi connectivity index (χ4v) is 3.74. The van der Waals surface area contributed by atoms with Crippen LogP contribution in [-0.4, -0.2) is 31.1 Å². The predicted molar refractivity (Wildman–Crippen MR) is 72.9 cm³/mol. The van der Waals surface area contributed by atoms with Gasteiger partial charge in [0, 0.05) is 11.7 Å². The SMILES string of the molecule is O=S1(=O)CC[C@H](NC(=S)Nc2ccccc2)C1. The Morgan fingerprint density at radius 1 is 1.29 bits per heavy atom. The minimum atomic E-state index is -2.86. The number of rotatable bonds is 2. The molecule has 2 rings (SSSR count). The zero-order valence-electron chi connectivity index (χ0n) is 9.22. The minimum absolute atomic E-state index is 0.0660. The smallest absolute Gasteiger partial charge is 0.171 e. The number of nitrogens with one attached hydrogen (secondary N) is 2. The van der Waals surface area contributed by atoms with Gasteiger partial charge in [-0.15, -0.1) is 0 Å². The van der Waals surface area contributed by atoms with E-state index < -0.39 is 9.84 Å². The summed E-state index contributed by atoms with van der Waals surface area (Å²) in [6.45, 7) is 0. The lowest BCUT2D eigenvalue weighted by atomic mass is 10.3. The van der Waals surface area contributed by atoms with E-state index in [1.54, 1.807) is 0 Å². The lowest BCUT2D eigenvalue weighted by Crippen LogP contribution is -2.38. The molecule has 0 bridgehead atoms. The first-order chi connectivity index (χ1) is 8.05. The molecule has 17 heavy (non-hydrogen) atoms. The van der Waals surface area contributed by atoms with Crippen molar-refractivity contribution in [3.8, 4) is 0 Å². The average molecular weight is 270 g/mol. The molecule has 1 fully saturated rings. The molecule has 6 heteroatoms. The van der Waals surface area contributed by atoms with Gasteiger partial charge in [-0.3, -0.25) is 0 Å². The van der Waals surface area contributed by atoms with Crippen molar-refractivity contribution in [2.24, 2.45) is 0 Å². The standard InChI is InChI=1S/C11H14N2O2S2/c14-17(15)7-6-10(8-17)13-11(16)12-9-4-2-1-3-5-9/h1-5,10H,6-8H2,(H2,12,13,16)/t10-/m0/s1. The number of para-hydroxylation sites is 1. The van der Waals surface area contributed by atoms with Gasteiger partial charge in [0.05, 0.1) is 11.5 Å². The van der Waals surface area contributed by atoms with Crippen molar-refractivity contribution in [1.29, 1.82) is 0 Å². The second-order valence-electron chi connectivity index (χ2n) is 4.06. The van der Waals surface area contributed by atoms with Crippen LogP contribution < -0.4 is 10.6 Å². The Hall–Kier alpha value is -1.14. The van der Waals surface area contributed by atoms with Gasteiger partial charge in [-0.1, -0.05) is 18.2 Å². The Morgan fingerprint density at radius 3 is 2.59 bits per heavy atom. The van der Waals surface area contributed by atoms with E-state index >= 15 is 0 Å². The van der Waals surface area contributed by atoms with Gasteiger partial charge in [-0.2, -0.15) is 0 Å². The number of sulfone groups is 1. The first-order valence-corrected chi connectivity index (χ1v) is 7.61. The monoisotopic (exact) mass is 270 g/mol. The van der Waals surface area contributed by atoms with Crippen LogP contribution in [0.2, 0.25) is 0 Å². The van der Waals surface area contributed by atoms with Crippen molar-refractivity contribution in [3.63, 3.8) is 0 Å². The fourth-order valence-electron chi connectivity index (χ4n) is 1.78. The van der Waals surface area contributed by atoms with Gasteiger partial charge in [-0.05, 0) is 30.8 Å². The molecule has 0 amide bonds. The quantitative estimate of drug-likeness (QED) is 0.790. The second-order valence-corrected chi connectivity index (χ2v) is 6.70. The van der Waals surface area contributed by atoms with Crippen molar-refractivity contribution < 1.29 is 8.42 Å². The summed E-state index contributed by atoms with van der Waals surface area (Å²) in [5.41, 5.74) is 0.894. The number of hydrogen-bond acceptors (Lipinski definition) is 3. The maximum absolute atomic E-state index is 11.3. The molecule has 0 unspecified atom stereocenters. The molecule has 0 spiro atoms. The molecule has 1 saturated heterocycles. The summed E-state index contributed by atoms with van der Waals surface area (Å²) in [5.74, 6) is 0.419. The molecular formula is C11H14N2O2S2. The predicted octanol–water partition coefficient (Wildman–Crippen LogP) is 1.16. The first kappa shape index (κ1) is 12.3. The average Bonchev–Trinajstić information content (AvgIpc) is 2.59. The number of anilines is 1. The molecular weight excluding hydrogens is 256 g/mol. The van der Waals surface area contributed by atoms with E-state index in [2.05, 4.69) is 10.6 Å². The molecule has 92 valence electrons. The van der Waals surface area contributed by atoms with E-state index in [0.717, 1.165) is 5.69 Å². The second kappa shape index (κ2) is 5.01. The number of benzene rings is 1. The highest BCUT2D eigenvalue weighted by Crippen LogP contribution is 2.12. The third-order valence-electron chi connectivity index (χ3n) is 2.60. The Bertz CT molecular complexity index is 499. The van der Waals surface area contributed by atoms with Gasteiger partial charge in [-0.25, -0.2) is 8.42 Å². The minimum Gasteiger partial charge on any atom is -0.359 e. The highest BCUT2D eigenvalue weighted by Gasteiger charge is 2.28. The molecule has 0 saturated carbocycles. The largest absolute Gasteiger partial charge is 0.359 e. The molecule has 0 radical (unpaired) electrons. The van der Waals surface area contributed by atoms with Gasteiger partial charge >= 0.3 is 0 Å². The third kappa shape index (κ3) is 3.67. The summed E-state index contributed by atoms with van der Waals surface area (Å²) in [6.07, 6.45) is 0.624. The van der Waals surface area contributed by atoms with Crippen molar-refractivity contribution in [2.75, 3.05) is 16.8 Å². The van der Waals surface area contributed by atoms with Crippen LogP contribution in [0, 0.1) is 0 Å². The van der Waals surface area contributed by atoms with E-state index in [1.807, 2.05) is 30.3 Å². The van der Waals surface area contributed by atoms with E-state index in [-0.39, 0.29) is 17.5 Å². The van der Waals surface area contributed by atoms with Gasteiger partial charge in [0.2, 0.25) is 0 Å². The number of thiocarbonyl (C=S) groups is 1. The highest BCUT2D eigenvalue weighted by atomic mass is 32.2. The van der Waals surface area contributed by atoms with E-state index in [4.69, 9.17) is 12.2 Å². The maximum Gasteiger partial charge on any atom is 0.171 e. The molecule has 1 aliphatic heterocycles. The summed E-state index contributed by atoms with van der Waals surface area (Å²) >= 11 is 5.13. The molecule has 1 heterocycles. The Morgan fingerprint density at radius 2 is 2.00 bits per heavy atom. The zero-order valence-corrected chi connectivity index (χ0v) is 10.9. The molecule has 1 atom stereocenters. The van der Waals surface area contributed by atoms with Crippen molar-refractivity contribution in [2.45, 2.75) is 12.5 Å². The topological polar surface area (TPSA) is 58.2 Å². The highest BCUT2D eigenvalue weighted by molar-refractivity contribution is 7.91.